The highest BCUT2D eigenvalue weighted by Crippen LogP contribution is 2.81. The summed E-state index contributed by atoms with van der Waals surface area (Å²) in [4.78, 5) is 0. The zero-order valence-corrected chi connectivity index (χ0v) is 12.4. The largest absolute Gasteiger partial charge is 0.181 e. The SMILES string of the molecule is c1ccc(C23N=NC(c4ccccc4)([C@@H]4C[C@@H]42)[C@H]2C[C@H]23)cc1. The Hall–Kier alpha value is -1.96. The molecule has 108 valence electrons. The Kier molecular flexibility index (Phi) is 1.85. The molecular formula is C20H18N2. The van der Waals surface area contributed by atoms with E-state index in [1.165, 1.54) is 24.0 Å². The number of hydrogen-bond donors (Lipinski definition) is 0. The predicted molar refractivity (Wildman–Crippen MR) is 84.3 cm³/mol. The molecule has 0 aromatic heterocycles. The third kappa shape index (κ3) is 1.10. The molecule has 2 aromatic rings. The van der Waals surface area contributed by atoms with Gasteiger partial charge >= 0.3 is 0 Å². The van der Waals surface area contributed by atoms with Crippen LogP contribution in [-0.4, -0.2) is 0 Å². The Bertz CT molecular complexity index is 696. The topological polar surface area (TPSA) is 24.7 Å². The summed E-state index contributed by atoms with van der Waals surface area (Å²) in [5.41, 5.74) is 2.82. The maximum Gasteiger partial charge on any atom is 0.113 e. The summed E-state index contributed by atoms with van der Waals surface area (Å²) in [5, 5.41) is 10.0. The maximum absolute atomic E-state index is 5.02. The Balaban J connectivity index is 1.57. The van der Waals surface area contributed by atoms with Crippen molar-refractivity contribution in [2.75, 3.05) is 0 Å². The van der Waals surface area contributed by atoms with Gasteiger partial charge in [0.15, 0.2) is 0 Å². The van der Waals surface area contributed by atoms with E-state index >= 15 is 0 Å². The smallest absolute Gasteiger partial charge is 0.113 e. The van der Waals surface area contributed by atoms with Gasteiger partial charge in [-0.15, -0.1) is 0 Å². The standard InChI is InChI=1S/C20H18N2/c1-3-7-13(8-4-1)19-15-11-17(15)20(22-21-19,18-12-16(18)19)14-9-5-2-6-10-14/h1-10,15-18H,11-12H2/t15-,16+,17+,18-,19?,20?. The molecule has 2 unspecified atom stereocenters. The fourth-order valence-electron chi connectivity index (χ4n) is 5.73. The van der Waals surface area contributed by atoms with Crippen LogP contribution in [0.4, 0.5) is 0 Å². The number of nitrogens with zero attached hydrogens (tertiary/aromatic N) is 2. The van der Waals surface area contributed by atoms with Crippen molar-refractivity contribution in [2.45, 2.75) is 23.9 Å². The van der Waals surface area contributed by atoms with Gasteiger partial charge in [-0.2, -0.15) is 10.2 Å². The van der Waals surface area contributed by atoms with Gasteiger partial charge in [-0.1, -0.05) is 60.7 Å². The summed E-state index contributed by atoms with van der Waals surface area (Å²) in [6.45, 7) is 0. The Morgan fingerprint density at radius 3 is 1.32 bits per heavy atom. The fourth-order valence-corrected chi connectivity index (χ4v) is 5.73. The lowest BCUT2D eigenvalue weighted by molar-refractivity contribution is 0.110. The van der Waals surface area contributed by atoms with E-state index < -0.39 is 0 Å². The number of hydrogen-bond acceptors (Lipinski definition) is 2. The minimum absolute atomic E-state index is 0.00707. The first-order chi connectivity index (χ1) is 10.9. The minimum atomic E-state index is 0.00707. The lowest BCUT2D eigenvalue weighted by Gasteiger charge is -2.46. The average Bonchev–Trinajstić information content (AvgIpc) is 3.48. The number of rotatable bonds is 2. The van der Waals surface area contributed by atoms with Crippen molar-refractivity contribution >= 4 is 0 Å². The quantitative estimate of drug-likeness (QED) is 0.775. The molecule has 2 aliphatic heterocycles. The highest BCUT2D eigenvalue weighted by atomic mass is 15.3. The normalized spacial score (nSPS) is 46.0. The van der Waals surface area contributed by atoms with Gasteiger partial charge in [-0.25, -0.2) is 0 Å². The van der Waals surface area contributed by atoms with Gasteiger partial charge in [0.25, 0.3) is 0 Å². The lowest BCUT2D eigenvalue weighted by Crippen LogP contribution is -2.47. The molecule has 6 atom stereocenters. The van der Waals surface area contributed by atoms with Crippen molar-refractivity contribution in [2.24, 2.45) is 33.9 Å². The lowest BCUT2D eigenvalue weighted by atomic mass is 9.66. The first-order valence-corrected chi connectivity index (χ1v) is 8.42. The molecular weight excluding hydrogens is 268 g/mol. The monoisotopic (exact) mass is 286 g/mol. The average molecular weight is 286 g/mol. The molecule has 2 heterocycles. The summed E-state index contributed by atoms with van der Waals surface area (Å²) in [6.07, 6.45) is 2.59. The summed E-state index contributed by atoms with van der Waals surface area (Å²) < 4.78 is 0. The number of benzene rings is 2. The second-order valence-corrected chi connectivity index (χ2v) is 7.48. The molecule has 2 nitrogen and oxygen atoms in total. The zero-order chi connectivity index (χ0) is 14.4. The van der Waals surface area contributed by atoms with Gasteiger partial charge < -0.3 is 0 Å². The summed E-state index contributed by atoms with van der Waals surface area (Å²) in [7, 11) is 0. The third-order valence-corrected chi connectivity index (χ3v) is 6.70. The van der Waals surface area contributed by atoms with E-state index in [-0.39, 0.29) is 11.1 Å². The third-order valence-electron chi connectivity index (χ3n) is 6.70. The van der Waals surface area contributed by atoms with Crippen molar-refractivity contribution < 1.29 is 0 Å². The molecule has 22 heavy (non-hydrogen) atoms. The molecule has 5 aliphatic rings. The second-order valence-electron chi connectivity index (χ2n) is 7.48. The Morgan fingerprint density at radius 1 is 0.591 bits per heavy atom. The van der Waals surface area contributed by atoms with Crippen LogP contribution in [0.3, 0.4) is 0 Å². The first kappa shape index (κ1) is 11.6. The van der Waals surface area contributed by atoms with Crippen molar-refractivity contribution in [3.63, 3.8) is 0 Å². The van der Waals surface area contributed by atoms with Crippen LogP contribution in [-0.2, 0) is 11.1 Å². The molecule has 2 heteroatoms. The molecule has 2 aromatic carbocycles. The highest BCUT2D eigenvalue weighted by Gasteiger charge is 2.81. The molecule has 0 radical (unpaired) electrons. The van der Waals surface area contributed by atoms with Crippen LogP contribution in [0.2, 0.25) is 0 Å². The summed E-state index contributed by atoms with van der Waals surface area (Å²) in [6, 6.07) is 21.9. The molecule has 0 spiro atoms. The number of azo groups is 1. The van der Waals surface area contributed by atoms with Gasteiger partial charge in [-0.05, 0) is 47.6 Å². The second kappa shape index (κ2) is 3.51. The summed E-state index contributed by atoms with van der Waals surface area (Å²) in [5.74, 6) is 2.82. The van der Waals surface area contributed by atoms with E-state index in [1.54, 1.807) is 0 Å². The van der Waals surface area contributed by atoms with Crippen LogP contribution in [0.25, 0.3) is 0 Å². The molecule has 0 amide bonds. The molecule has 3 fully saturated rings. The van der Waals surface area contributed by atoms with E-state index in [0.717, 1.165) is 0 Å². The van der Waals surface area contributed by atoms with Crippen LogP contribution in [0.15, 0.2) is 70.9 Å². The van der Waals surface area contributed by atoms with E-state index in [1.807, 2.05) is 0 Å². The van der Waals surface area contributed by atoms with Gasteiger partial charge in [-0.3, -0.25) is 0 Å². The van der Waals surface area contributed by atoms with Crippen molar-refractivity contribution in [3.05, 3.63) is 71.8 Å². The van der Waals surface area contributed by atoms with Crippen LogP contribution in [0.1, 0.15) is 24.0 Å². The minimum Gasteiger partial charge on any atom is -0.181 e. The molecule has 7 rings (SSSR count). The van der Waals surface area contributed by atoms with Gasteiger partial charge in [0.05, 0.1) is 0 Å². The van der Waals surface area contributed by atoms with Crippen LogP contribution < -0.4 is 0 Å². The Labute approximate surface area is 130 Å². The van der Waals surface area contributed by atoms with E-state index in [9.17, 15) is 0 Å². The van der Waals surface area contributed by atoms with Crippen molar-refractivity contribution in [3.8, 4) is 0 Å². The zero-order valence-electron chi connectivity index (χ0n) is 12.4. The molecule has 3 saturated carbocycles. The van der Waals surface area contributed by atoms with Crippen molar-refractivity contribution in [1.29, 1.82) is 0 Å². The van der Waals surface area contributed by atoms with Gasteiger partial charge in [0.1, 0.15) is 11.1 Å². The first-order valence-electron chi connectivity index (χ1n) is 8.42. The molecule has 2 bridgehead atoms. The summed E-state index contributed by atoms with van der Waals surface area (Å²) >= 11 is 0. The van der Waals surface area contributed by atoms with Gasteiger partial charge in [0.2, 0.25) is 0 Å². The predicted octanol–water partition coefficient (Wildman–Crippen LogP) is 4.53. The van der Waals surface area contributed by atoms with E-state index in [2.05, 4.69) is 60.7 Å². The van der Waals surface area contributed by atoms with Gasteiger partial charge in [0, 0.05) is 0 Å². The molecule has 3 aliphatic carbocycles. The van der Waals surface area contributed by atoms with E-state index in [0.29, 0.717) is 23.7 Å². The highest BCUT2D eigenvalue weighted by molar-refractivity contribution is 5.45. The van der Waals surface area contributed by atoms with E-state index in [4.69, 9.17) is 10.2 Å². The van der Waals surface area contributed by atoms with Crippen LogP contribution in [0, 0.1) is 23.7 Å². The van der Waals surface area contributed by atoms with Crippen LogP contribution >= 0.6 is 0 Å². The fraction of sp³-hybridized carbons (Fsp3) is 0.400. The maximum atomic E-state index is 5.02. The molecule has 0 N–H and O–H groups in total. The van der Waals surface area contributed by atoms with Crippen LogP contribution in [0.5, 0.6) is 0 Å². The Morgan fingerprint density at radius 2 is 0.955 bits per heavy atom. The van der Waals surface area contributed by atoms with Crippen molar-refractivity contribution in [1.82, 2.24) is 0 Å². The molecule has 0 saturated heterocycles.